The second-order valence-corrected chi connectivity index (χ2v) is 6.69. The van der Waals surface area contributed by atoms with Crippen LogP contribution in [0.3, 0.4) is 0 Å². The lowest BCUT2D eigenvalue weighted by Gasteiger charge is -2.14. The molecule has 30 heavy (non-hydrogen) atoms. The van der Waals surface area contributed by atoms with Crippen LogP contribution < -0.4 is 10.6 Å². The smallest absolute Gasteiger partial charge is 0.407 e. The van der Waals surface area contributed by atoms with E-state index in [1.807, 2.05) is 36.4 Å². The molecule has 8 heteroatoms. The molecular weight excluding hydrogens is 388 g/mol. The van der Waals surface area contributed by atoms with Crippen LogP contribution in [0.5, 0.6) is 0 Å². The summed E-state index contributed by atoms with van der Waals surface area (Å²) in [4.78, 5) is 34.3. The van der Waals surface area contributed by atoms with Crippen molar-refractivity contribution in [2.75, 3.05) is 19.8 Å². The fraction of sp³-hybridized carbons (Fsp3) is 0.227. The number of carbonyl (C=O) groups is 3. The number of hydrogen-bond donors (Lipinski definition) is 4. The summed E-state index contributed by atoms with van der Waals surface area (Å²) in [6.07, 6.45) is 1.81. The van der Waals surface area contributed by atoms with Crippen LogP contribution >= 0.6 is 0 Å². The Hall–Kier alpha value is -3.65. The first-order valence-electron chi connectivity index (χ1n) is 9.40. The van der Waals surface area contributed by atoms with Crippen molar-refractivity contribution in [1.29, 1.82) is 0 Å². The number of aliphatic hydroxyl groups is 1. The van der Waals surface area contributed by atoms with Gasteiger partial charge in [-0.1, -0.05) is 54.6 Å². The van der Waals surface area contributed by atoms with E-state index in [1.165, 1.54) is 6.08 Å². The van der Waals surface area contributed by atoms with Gasteiger partial charge in [-0.3, -0.25) is 4.79 Å². The van der Waals surface area contributed by atoms with Crippen molar-refractivity contribution in [1.82, 2.24) is 10.6 Å². The first-order valence-corrected chi connectivity index (χ1v) is 9.40. The first-order chi connectivity index (χ1) is 14.5. The van der Waals surface area contributed by atoms with E-state index in [0.29, 0.717) is 0 Å². The van der Waals surface area contributed by atoms with Crippen LogP contribution in [0.1, 0.15) is 17.0 Å². The van der Waals surface area contributed by atoms with E-state index in [-0.39, 0.29) is 19.1 Å². The maximum absolute atomic E-state index is 12.0. The first kappa shape index (κ1) is 21.1. The molecule has 2 aromatic rings. The predicted molar refractivity (Wildman–Crippen MR) is 109 cm³/mol. The predicted octanol–water partition coefficient (Wildman–Crippen LogP) is 1.64. The minimum Gasteiger partial charge on any atom is -0.480 e. The molecule has 0 heterocycles. The van der Waals surface area contributed by atoms with Gasteiger partial charge in [-0.15, -0.1) is 0 Å². The zero-order valence-corrected chi connectivity index (χ0v) is 16.1. The molecule has 0 bridgehead atoms. The zero-order chi connectivity index (χ0) is 21.5. The van der Waals surface area contributed by atoms with E-state index in [2.05, 4.69) is 22.8 Å². The van der Waals surface area contributed by atoms with Gasteiger partial charge in [0.25, 0.3) is 0 Å². The largest absolute Gasteiger partial charge is 0.480 e. The van der Waals surface area contributed by atoms with Crippen molar-refractivity contribution in [2.24, 2.45) is 0 Å². The van der Waals surface area contributed by atoms with Crippen LogP contribution in [0.15, 0.2) is 60.7 Å². The molecule has 0 aromatic heterocycles. The second kappa shape index (κ2) is 9.71. The van der Waals surface area contributed by atoms with Gasteiger partial charge in [0.05, 0.1) is 6.61 Å². The topological polar surface area (TPSA) is 125 Å². The van der Waals surface area contributed by atoms with Gasteiger partial charge in [0.2, 0.25) is 5.91 Å². The summed E-state index contributed by atoms with van der Waals surface area (Å²) in [5.74, 6) is -2.07. The number of hydrogen-bond acceptors (Lipinski definition) is 5. The molecule has 0 saturated carbocycles. The minimum atomic E-state index is -1.38. The Bertz CT molecular complexity index is 926. The molecule has 2 aromatic carbocycles. The average molecular weight is 410 g/mol. The number of ether oxygens (including phenoxy) is 1. The van der Waals surface area contributed by atoms with Crippen LogP contribution in [0.25, 0.3) is 11.1 Å². The summed E-state index contributed by atoms with van der Waals surface area (Å²) in [7, 11) is 0. The van der Waals surface area contributed by atoms with Gasteiger partial charge in [-0.05, 0) is 22.3 Å². The standard InChI is InChI=1S/C22H22N2O6/c25-12-19(21(27)28)24-20(26)10-5-11-23-22(29)30-13-18-16-8-3-1-6-14(16)15-7-2-4-9-17(15)18/h1-10,18-19,25H,11-13H2,(H,23,29)(H,24,26)(H,27,28)/b10-5+. The number of carboxylic acid groups (broad SMARTS) is 1. The van der Waals surface area contributed by atoms with Crippen LogP contribution in [-0.4, -0.2) is 54.0 Å². The van der Waals surface area contributed by atoms with Gasteiger partial charge in [-0.2, -0.15) is 0 Å². The third-order valence-corrected chi connectivity index (χ3v) is 4.77. The van der Waals surface area contributed by atoms with Gasteiger partial charge < -0.3 is 25.6 Å². The number of rotatable bonds is 8. The summed E-state index contributed by atoms with van der Waals surface area (Å²) < 4.78 is 5.36. The third kappa shape index (κ3) is 4.84. The quantitative estimate of drug-likeness (QED) is 0.491. The molecular formula is C22H22N2O6. The Morgan fingerprint density at radius 3 is 2.20 bits per heavy atom. The molecule has 4 N–H and O–H groups in total. The van der Waals surface area contributed by atoms with Crippen molar-refractivity contribution in [3.8, 4) is 11.1 Å². The number of aliphatic hydroxyl groups excluding tert-OH is 1. The lowest BCUT2D eigenvalue weighted by Crippen LogP contribution is -2.42. The SMILES string of the molecule is O=C(/C=C/CNC(=O)OCC1c2ccccc2-c2ccccc21)NC(CO)C(=O)O. The highest BCUT2D eigenvalue weighted by atomic mass is 16.5. The lowest BCUT2D eigenvalue weighted by molar-refractivity contribution is -0.142. The number of carboxylic acids is 1. The van der Waals surface area contributed by atoms with Crippen LogP contribution in [0.2, 0.25) is 0 Å². The Kier molecular flexibility index (Phi) is 6.82. The number of alkyl carbamates (subject to hydrolysis) is 1. The van der Waals surface area contributed by atoms with E-state index in [1.54, 1.807) is 0 Å². The number of amides is 2. The average Bonchev–Trinajstić information content (AvgIpc) is 3.07. The van der Waals surface area contributed by atoms with Crippen molar-refractivity contribution >= 4 is 18.0 Å². The summed E-state index contributed by atoms with van der Waals surface area (Å²) in [6, 6.07) is 14.7. The fourth-order valence-electron chi connectivity index (χ4n) is 3.36. The van der Waals surface area contributed by atoms with E-state index < -0.39 is 30.6 Å². The molecule has 1 aliphatic carbocycles. The summed E-state index contributed by atoms with van der Waals surface area (Å²) >= 11 is 0. The fourth-order valence-corrected chi connectivity index (χ4v) is 3.36. The van der Waals surface area contributed by atoms with Gasteiger partial charge in [0, 0.05) is 18.5 Å². The molecule has 0 aliphatic heterocycles. The van der Waals surface area contributed by atoms with Crippen LogP contribution in [-0.2, 0) is 14.3 Å². The van der Waals surface area contributed by atoms with E-state index in [4.69, 9.17) is 14.9 Å². The second-order valence-electron chi connectivity index (χ2n) is 6.69. The maximum atomic E-state index is 12.0. The third-order valence-electron chi connectivity index (χ3n) is 4.77. The van der Waals surface area contributed by atoms with Crippen molar-refractivity contribution in [3.63, 3.8) is 0 Å². The van der Waals surface area contributed by atoms with Gasteiger partial charge >= 0.3 is 12.1 Å². The minimum absolute atomic E-state index is 0.0287. The van der Waals surface area contributed by atoms with Crippen LogP contribution in [0.4, 0.5) is 4.79 Å². The maximum Gasteiger partial charge on any atom is 0.407 e. The Labute approximate surface area is 173 Å². The van der Waals surface area contributed by atoms with Gasteiger partial charge in [0.1, 0.15) is 6.61 Å². The Morgan fingerprint density at radius 1 is 1.03 bits per heavy atom. The van der Waals surface area contributed by atoms with E-state index >= 15 is 0 Å². The number of nitrogens with one attached hydrogen (secondary N) is 2. The molecule has 0 radical (unpaired) electrons. The molecule has 3 rings (SSSR count). The molecule has 1 atom stereocenters. The Balaban J connectivity index is 1.49. The van der Waals surface area contributed by atoms with Crippen molar-refractivity contribution < 1.29 is 29.3 Å². The van der Waals surface area contributed by atoms with Crippen LogP contribution in [0, 0.1) is 0 Å². The van der Waals surface area contributed by atoms with Gasteiger partial charge in [0.15, 0.2) is 6.04 Å². The van der Waals surface area contributed by atoms with Gasteiger partial charge in [-0.25, -0.2) is 9.59 Å². The molecule has 0 spiro atoms. The summed E-state index contributed by atoms with van der Waals surface area (Å²) in [6.45, 7) is -0.505. The normalized spacial score (nSPS) is 13.4. The number of benzene rings is 2. The number of carbonyl (C=O) groups excluding carboxylic acids is 2. The zero-order valence-electron chi connectivity index (χ0n) is 16.1. The van der Waals surface area contributed by atoms with E-state index in [9.17, 15) is 14.4 Å². The highest BCUT2D eigenvalue weighted by Crippen LogP contribution is 2.44. The monoisotopic (exact) mass is 410 g/mol. The van der Waals surface area contributed by atoms with Crippen molar-refractivity contribution in [3.05, 3.63) is 71.8 Å². The number of aliphatic carboxylic acids is 1. The Morgan fingerprint density at radius 2 is 1.63 bits per heavy atom. The molecule has 2 amide bonds. The van der Waals surface area contributed by atoms with E-state index in [0.717, 1.165) is 28.3 Å². The summed E-state index contributed by atoms with van der Waals surface area (Å²) in [5.41, 5.74) is 4.50. The molecule has 8 nitrogen and oxygen atoms in total. The summed E-state index contributed by atoms with van der Waals surface area (Å²) in [5, 5.41) is 22.3. The molecule has 156 valence electrons. The molecule has 0 saturated heterocycles. The highest BCUT2D eigenvalue weighted by molar-refractivity contribution is 5.91. The highest BCUT2D eigenvalue weighted by Gasteiger charge is 2.28. The molecule has 1 unspecified atom stereocenters. The molecule has 1 aliphatic rings. The number of fused-ring (bicyclic) bond motifs is 3. The molecule has 0 fully saturated rings. The lowest BCUT2D eigenvalue weighted by atomic mass is 9.98. The van der Waals surface area contributed by atoms with Crippen molar-refractivity contribution in [2.45, 2.75) is 12.0 Å².